The molecule has 1 aromatic heterocycles. The first-order valence-electron chi connectivity index (χ1n) is 5.26. The Balaban J connectivity index is 0. The Hall–Kier alpha value is -0.920. The highest BCUT2D eigenvalue weighted by atomic mass is 14.8. The monoisotopic (exact) mass is 196 g/mol. The lowest BCUT2D eigenvalue weighted by molar-refractivity contribution is 0.398. The fourth-order valence-electron chi connectivity index (χ4n) is 0.253. The zero-order chi connectivity index (χ0) is 11.4. The first kappa shape index (κ1) is 15.5. The molecule has 0 amide bonds. The summed E-state index contributed by atoms with van der Waals surface area (Å²) < 4.78 is 0. The Labute approximate surface area is 88.8 Å². The zero-order valence-corrected chi connectivity index (χ0v) is 10.4. The largest absolute Gasteiger partial charge is 0.245 e. The van der Waals surface area contributed by atoms with E-state index in [1.165, 1.54) is 12.7 Å². The molecule has 1 rings (SSSR count). The van der Waals surface area contributed by atoms with E-state index in [0.717, 1.165) is 0 Å². The number of aromatic nitrogens is 2. The minimum atomic E-state index is 0.542. The van der Waals surface area contributed by atoms with Crippen molar-refractivity contribution in [2.45, 2.75) is 48.0 Å². The molecule has 0 aliphatic heterocycles. The van der Waals surface area contributed by atoms with Gasteiger partial charge < -0.3 is 0 Å². The molecule has 0 atom stereocenters. The van der Waals surface area contributed by atoms with E-state index >= 15 is 0 Å². The summed E-state index contributed by atoms with van der Waals surface area (Å²) in [7, 11) is 0. The predicted octanol–water partition coefficient (Wildman–Crippen LogP) is 3.95. The Morgan fingerprint density at radius 2 is 1.36 bits per heavy atom. The summed E-state index contributed by atoms with van der Waals surface area (Å²) in [5.41, 5.74) is 0.542. The summed E-state index contributed by atoms with van der Waals surface area (Å²) in [6.07, 6.45) is 6.15. The highest BCUT2D eigenvalue weighted by Crippen LogP contribution is 2.16. The molecule has 0 aliphatic carbocycles. The van der Waals surface area contributed by atoms with Gasteiger partial charge >= 0.3 is 0 Å². The molecule has 2 heteroatoms. The lowest BCUT2D eigenvalue weighted by Crippen LogP contribution is -2.00. The maximum absolute atomic E-state index is 3.67. The second-order valence-electron chi connectivity index (χ2n) is 3.82. The number of hydrogen-bond acceptors (Lipinski definition) is 2. The predicted molar refractivity (Wildman–Crippen MR) is 63.1 cm³/mol. The van der Waals surface area contributed by atoms with Crippen LogP contribution in [0.2, 0.25) is 0 Å². The summed E-state index contributed by atoms with van der Waals surface area (Å²) in [6.45, 7) is 12.9. The number of rotatable bonds is 0. The lowest BCUT2D eigenvalue weighted by atomic mass is 9.94. The van der Waals surface area contributed by atoms with Gasteiger partial charge in [-0.25, -0.2) is 9.97 Å². The van der Waals surface area contributed by atoms with Crippen molar-refractivity contribution in [2.75, 3.05) is 0 Å². The van der Waals surface area contributed by atoms with Crippen LogP contribution in [0.4, 0.5) is 0 Å². The van der Waals surface area contributed by atoms with E-state index in [-0.39, 0.29) is 0 Å². The number of hydrogen-bond donors (Lipinski definition) is 0. The molecule has 2 nitrogen and oxygen atoms in total. The average Bonchev–Trinajstić information content (AvgIpc) is 2.23. The van der Waals surface area contributed by atoms with Crippen molar-refractivity contribution in [1.82, 2.24) is 9.97 Å². The summed E-state index contributed by atoms with van der Waals surface area (Å²) >= 11 is 0. The Kier molecular flexibility index (Phi) is 11.3. The second-order valence-corrected chi connectivity index (χ2v) is 3.82. The van der Waals surface area contributed by atoms with Crippen LogP contribution in [0.5, 0.6) is 0 Å². The molecule has 1 heterocycles. The van der Waals surface area contributed by atoms with Gasteiger partial charge in [0.05, 0.1) is 0 Å². The van der Waals surface area contributed by atoms with E-state index in [9.17, 15) is 0 Å². The summed E-state index contributed by atoms with van der Waals surface area (Å²) in [6, 6.07) is 1.78. The Bertz CT molecular complexity index is 151. The molecule has 0 fully saturated rings. The molecule has 0 bridgehead atoms. The molecule has 0 radical (unpaired) electrons. The van der Waals surface area contributed by atoms with Gasteiger partial charge in [0, 0.05) is 12.4 Å². The van der Waals surface area contributed by atoms with E-state index in [0.29, 0.717) is 5.41 Å². The number of nitrogens with zero attached hydrogens (tertiary/aromatic N) is 2. The van der Waals surface area contributed by atoms with Gasteiger partial charge in [-0.05, 0) is 11.5 Å². The first-order chi connectivity index (χ1) is 6.56. The van der Waals surface area contributed by atoms with Crippen molar-refractivity contribution >= 4 is 0 Å². The van der Waals surface area contributed by atoms with Crippen LogP contribution in [0.3, 0.4) is 0 Å². The topological polar surface area (TPSA) is 25.8 Å². The average molecular weight is 196 g/mol. The minimum absolute atomic E-state index is 0.542. The maximum Gasteiger partial charge on any atom is 0.115 e. The quantitative estimate of drug-likeness (QED) is 0.628. The van der Waals surface area contributed by atoms with Gasteiger partial charge in [0.15, 0.2) is 0 Å². The van der Waals surface area contributed by atoms with Crippen molar-refractivity contribution < 1.29 is 0 Å². The lowest BCUT2D eigenvalue weighted by Gasteiger charge is -2.12. The summed E-state index contributed by atoms with van der Waals surface area (Å²) in [5.74, 6) is 0. The Morgan fingerprint density at radius 1 is 1.00 bits per heavy atom. The van der Waals surface area contributed by atoms with E-state index in [1.807, 2.05) is 13.8 Å². The highest BCUT2D eigenvalue weighted by Gasteiger charge is 2.03. The zero-order valence-electron chi connectivity index (χ0n) is 10.4. The third kappa shape index (κ3) is 17.2. The maximum atomic E-state index is 3.67. The summed E-state index contributed by atoms with van der Waals surface area (Å²) in [5, 5.41) is 0. The van der Waals surface area contributed by atoms with Crippen LogP contribution in [-0.4, -0.2) is 9.97 Å². The van der Waals surface area contributed by atoms with E-state index in [1.54, 1.807) is 18.5 Å². The van der Waals surface area contributed by atoms with Crippen molar-refractivity contribution in [3.8, 4) is 0 Å². The van der Waals surface area contributed by atoms with Gasteiger partial charge in [0.2, 0.25) is 0 Å². The normalized spacial score (nSPS) is 9.00. The van der Waals surface area contributed by atoms with Crippen molar-refractivity contribution in [3.63, 3.8) is 0 Å². The van der Waals surface area contributed by atoms with Gasteiger partial charge in [-0.1, -0.05) is 48.0 Å². The van der Waals surface area contributed by atoms with Crippen molar-refractivity contribution in [3.05, 3.63) is 24.8 Å². The molecule has 0 spiro atoms. The molecule has 0 aliphatic rings. The van der Waals surface area contributed by atoms with Crippen LogP contribution >= 0.6 is 0 Å². The molecule has 82 valence electrons. The van der Waals surface area contributed by atoms with Gasteiger partial charge in [0.25, 0.3) is 0 Å². The smallest absolute Gasteiger partial charge is 0.115 e. The SMILES string of the molecule is CC.CCC(C)(C)C.c1cncnc1. The summed E-state index contributed by atoms with van der Waals surface area (Å²) in [4.78, 5) is 7.35. The molecule has 1 aromatic rings. The first-order valence-corrected chi connectivity index (χ1v) is 5.26. The molecule has 14 heavy (non-hydrogen) atoms. The molecule has 0 N–H and O–H groups in total. The fraction of sp³-hybridized carbons (Fsp3) is 0.667. The van der Waals surface area contributed by atoms with Crippen LogP contribution in [0.15, 0.2) is 24.8 Å². The van der Waals surface area contributed by atoms with Gasteiger partial charge in [-0.2, -0.15) is 0 Å². The van der Waals surface area contributed by atoms with Crippen LogP contribution in [0, 0.1) is 5.41 Å². The van der Waals surface area contributed by atoms with Crippen molar-refractivity contribution in [2.24, 2.45) is 5.41 Å². The highest BCUT2D eigenvalue weighted by molar-refractivity contribution is 4.74. The van der Waals surface area contributed by atoms with Gasteiger partial charge in [-0.3, -0.25) is 0 Å². The third-order valence-corrected chi connectivity index (χ3v) is 1.54. The second kappa shape index (κ2) is 10.2. The van der Waals surface area contributed by atoms with Gasteiger partial charge in [-0.15, -0.1) is 0 Å². The van der Waals surface area contributed by atoms with Crippen molar-refractivity contribution in [1.29, 1.82) is 0 Å². The molecule has 0 unspecified atom stereocenters. The van der Waals surface area contributed by atoms with E-state index in [2.05, 4.69) is 37.7 Å². The van der Waals surface area contributed by atoms with E-state index in [4.69, 9.17) is 0 Å². The Morgan fingerprint density at radius 3 is 1.43 bits per heavy atom. The van der Waals surface area contributed by atoms with Crippen LogP contribution in [-0.2, 0) is 0 Å². The standard InChI is InChI=1S/C6H14.C4H4N2.C2H6/c1-5-6(2,3)4;1-2-5-4-6-3-1;1-2/h5H2,1-4H3;1-4H;1-2H3. The minimum Gasteiger partial charge on any atom is -0.245 e. The molecular formula is C12H24N2. The molecular weight excluding hydrogens is 172 g/mol. The van der Waals surface area contributed by atoms with Gasteiger partial charge in [0.1, 0.15) is 6.33 Å². The van der Waals surface area contributed by atoms with Crippen LogP contribution < -0.4 is 0 Å². The van der Waals surface area contributed by atoms with Crippen LogP contribution in [0.1, 0.15) is 48.0 Å². The van der Waals surface area contributed by atoms with Crippen LogP contribution in [0.25, 0.3) is 0 Å². The molecule has 0 saturated heterocycles. The van der Waals surface area contributed by atoms with E-state index < -0.39 is 0 Å². The molecule has 0 aromatic carbocycles. The fourth-order valence-corrected chi connectivity index (χ4v) is 0.253. The third-order valence-electron chi connectivity index (χ3n) is 1.54. The molecule has 0 saturated carbocycles.